The molecule has 0 radical (unpaired) electrons. The van der Waals surface area contributed by atoms with E-state index in [4.69, 9.17) is 9.47 Å². The van der Waals surface area contributed by atoms with Gasteiger partial charge in [-0.2, -0.15) is 4.31 Å². The van der Waals surface area contributed by atoms with Crippen molar-refractivity contribution in [2.45, 2.75) is 25.4 Å². The lowest BCUT2D eigenvalue weighted by Gasteiger charge is -2.39. The van der Waals surface area contributed by atoms with Crippen molar-refractivity contribution in [3.63, 3.8) is 0 Å². The number of sulfonamides is 1. The number of nitrogens with zero attached hydrogens (tertiary/aromatic N) is 2. The van der Waals surface area contributed by atoms with Crippen LogP contribution in [0.2, 0.25) is 0 Å². The average Bonchev–Trinajstić information content (AvgIpc) is 2.76. The highest BCUT2D eigenvalue weighted by atomic mass is 32.2. The second kappa shape index (κ2) is 7.04. The lowest BCUT2D eigenvalue weighted by atomic mass is 9.91. The van der Waals surface area contributed by atoms with Crippen molar-refractivity contribution in [1.82, 2.24) is 9.21 Å². The summed E-state index contributed by atoms with van der Waals surface area (Å²) in [4.78, 5) is 14.6. The minimum Gasteiger partial charge on any atom is -0.381 e. The Morgan fingerprint density at radius 2 is 1.78 bits per heavy atom. The zero-order valence-electron chi connectivity index (χ0n) is 13.6. The molecular weight excluding hydrogens is 320 g/mol. The zero-order valence-corrected chi connectivity index (χ0v) is 14.5. The van der Waals surface area contributed by atoms with Crippen molar-refractivity contribution in [1.29, 1.82) is 0 Å². The maximum Gasteiger partial charge on any atom is 0.225 e. The summed E-state index contributed by atoms with van der Waals surface area (Å²) in [7, 11) is -3.19. The van der Waals surface area contributed by atoms with Gasteiger partial charge in [-0.3, -0.25) is 4.79 Å². The summed E-state index contributed by atoms with van der Waals surface area (Å²) in [6.45, 7) is 3.90. The molecule has 1 amide bonds. The lowest BCUT2D eigenvalue weighted by molar-refractivity contribution is -0.144. The van der Waals surface area contributed by atoms with Gasteiger partial charge in [-0.15, -0.1) is 0 Å². The van der Waals surface area contributed by atoms with Crippen molar-refractivity contribution >= 4 is 15.9 Å². The number of fused-ring (bicyclic) bond motifs is 1. The number of likely N-dealkylation sites (tertiary alicyclic amines) is 1. The maximum absolute atomic E-state index is 12.6. The van der Waals surface area contributed by atoms with Crippen molar-refractivity contribution < 1.29 is 22.7 Å². The van der Waals surface area contributed by atoms with Crippen molar-refractivity contribution in [2.75, 3.05) is 52.3 Å². The average molecular weight is 346 g/mol. The Morgan fingerprint density at radius 3 is 2.48 bits per heavy atom. The lowest BCUT2D eigenvalue weighted by Crippen LogP contribution is -2.51. The first-order valence-electron chi connectivity index (χ1n) is 8.38. The number of piperidine rings is 1. The Kier molecular flexibility index (Phi) is 5.25. The minimum atomic E-state index is -3.19. The molecule has 132 valence electrons. The molecule has 0 bridgehead atoms. The molecule has 0 unspecified atom stereocenters. The third-order valence-electron chi connectivity index (χ3n) is 5.16. The van der Waals surface area contributed by atoms with Crippen LogP contribution < -0.4 is 0 Å². The van der Waals surface area contributed by atoms with E-state index in [1.54, 1.807) is 0 Å². The number of ether oxygens (including phenoxy) is 2. The molecule has 8 heteroatoms. The van der Waals surface area contributed by atoms with Crippen LogP contribution >= 0.6 is 0 Å². The number of hydrogen-bond acceptors (Lipinski definition) is 5. The summed E-state index contributed by atoms with van der Waals surface area (Å²) in [5.41, 5.74) is 0. The van der Waals surface area contributed by atoms with Crippen LogP contribution in [0.15, 0.2) is 0 Å². The van der Waals surface area contributed by atoms with Crippen LogP contribution in [-0.2, 0) is 24.3 Å². The van der Waals surface area contributed by atoms with Crippen molar-refractivity contribution in [2.24, 2.45) is 11.8 Å². The van der Waals surface area contributed by atoms with Crippen LogP contribution in [-0.4, -0.2) is 81.9 Å². The quantitative estimate of drug-likeness (QED) is 0.699. The van der Waals surface area contributed by atoms with Gasteiger partial charge >= 0.3 is 0 Å². The van der Waals surface area contributed by atoms with E-state index < -0.39 is 10.0 Å². The molecule has 3 aliphatic rings. The molecule has 0 aliphatic carbocycles. The summed E-state index contributed by atoms with van der Waals surface area (Å²) in [5.74, 6) is 0.448. The summed E-state index contributed by atoms with van der Waals surface area (Å²) in [6, 6.07) is 0. The monoisotopic (exact) mass is 346 g/mol. The molecule has 0 aromatic rings. The van der Waals surface area contributed by atoms with E-state index in [0.717, 1.165) is 19.3 Å². The third kappa shape index (κ3) is 4.04. The summed E-state index contributed by atoms with van der Waals surface area (Å²) in [6.07, 6.45) is 3.58. The van der Waals surface area contributed by atoms with E-state index in [1.165, 1.54) is 10.6 Å². The molecule has 0 aromatic carbocycles. The first kappa shape index (κ1) is 17.1. The molecule has 0 N–H and O–H groups in total. The molecule has 7 nitrogen and oxygen atoms in total. The first-order valence-corrected chi connectivity index (χ1v) is 10.2. The second-order valence-electron chi connectivity index (χ2n) is 6.75. The summed E-state index contributed by atoms with van der Waals surface area (Å²) < 4.78 is 36.3. The number of carbonyl (C=O) groups excluding carboxylic acids is 1. The van der Waals surface area contributed by atoms with Crippen molar-refractivity contribution in [3.8, 4) is 0 Å². The molecule has 23 heavy (non-hydrogen) atoms. The molecule has 3 heterocycles. The van der Waals surface area contributed by atoms with E-state index in [-0.39, 0.29) is 23.8 Å². The fourth-order valence-electron chi connectivity index (χ4n) is 3.73. The van der Waals surface area contributed by atoms with Crippen LogP contribution in [0.5, 0.6) is 0 Å². The Hall–Kier alpha value is -0.700. The first-order chi connectivity index (χ1) is 10.9. The highest BCUT2D eigenvalue weighted by Gasteiger charge is 2.38. The third-order valence-corrected chi connectivity index (χ3v) is 6.43. The van der Waals surface area contributed by atoms with Gasteiger partial charge in [-0.25, -0.2) is 8.42 Å². The molecule has 0 aromatic heterocycles. The Balaban J connectivity index is 1.61. The predicted molar refractivity (Wildman–Crippen MR) is 84.4 cm³/mol. The largest absolute Gasteiger partial charge is 0.381 e. The van der Waals surface area contributed by atoms with E-state index >= 15 is 0 Å². The number of hydrogen-bond donors (Lipinski definition) is 0. The Bertz CT molecular complexity index is 532. The van der Waals surface area contributed by atoms with E-state index in [2.05, 4.69) is 0 Å². The van der Waals surface area contributed by atoms with Crippen molar-refractivity contribution in [3.05, 3.63) is 0 Å². The van der Waals surface area contributed by atoms with Gasteiger partial charge < -0.3 is 14.4 Å². The van der Waals surface area contributed by atoms with Gasteiger partial charge in [0.15, 0.2) is 0 Å². The van der Waals surface area contributed by atoms with Gasteiger partial charge in [0.1, 0.15) is 0 Å². The van der Waals surface area contributed by atoms with Gasteiger partial charge in [0.2, 0.25) is 15.9 Å². The number of rotatable bonds is 2. The summed E-state index contributed by atoms with van der Waals surface area (Å²) >= 11 is 0. The highest BCUT2D eigenvalue weighted by Crippen LogP contribution is 2.27. The van der Waals surface area contributed by atoms with Crippen LogP contribution in [0.25, 0.3) is 0 Å². The maximum atomic E-state index is 12.6. The Labute approximate surface area is 138 Å². The molecule has 3 fully saturated rings. The van der Waals surface area contributed by atoms with Gasteiger partial charge in [-0.05, 0) is 19.3 Å². The van der Waals surface area contributed by atoms with E-state index in [1.807, 2.05) is 4.90 Å². The Morgan fingerprint density at radius 1 is 1.04 bits per heavy atom. The summed E-state index contributed by atoms with van der Waals surface area (Å²) in [5, 5.41) is 0. The molecule has 0 saturated carbocycles. The molecule has 0 spiro atoms. The molecule has 3 saturated heterocycles. The fraction of sp³-hybridized carbons (Fsp3) is 0.933. The van der Waals surface area contributed by atoms with Gasteiger partial charge in [0.25, 0.3) is 0 Å². The zero-order chi connectivity index (χ0) is 16.4. The second-order valence-corrected chi connectivity index (χ2v) is 8.73. The minimum absolute atomic E-state index is 0.0562. The van der Waals surface area contributed by atoms with Gasteiger partial charge in [0.05, 0.1) is 19.0 Å². The number of amides is 1. The van der Waals surface area contributed by atoms with E-state index in [0.29, 0.717) is 46.0 Å². The van der Waals surface area contributed by atoms with Crippen LogP contribution in [0, 0.1) is 11.8 Å². The van der Waals surface area contributed by atoms with Gasteiger partial charge in [-0.1, -0.05) is 0 Å². The predicted octanol–water partition coefficient (Wildman–Crippen LogP) is -0.0781. The highest BCUT2D eigenvalue weighted by molar-refractivity contribution is 7.88. The molecule has 2 atom stereocenters. The number of carbonyl (C=O) groups is 1. The molecule has 3 rings (SSSR count). The van der Waals surface area contributed by atoms with E-state index in [9.17, 15) is 13.2 Å². The SMILES string of the molecule is CS(=O)(=O)N1CCO[C@@H]2CN(C(=O)C3CCOCC3)CC[C@H]2C1. The smallest absolute Gasteiger partial charge is 0.225 e. The van der Waals surface area contributed by atoms with Crippen LogP contribution in [0.3, 0.4) is 0 Å². The molecule has 3 aliphatic heterocycles. The van der Waals surface area contributed by atoms with Crippen LogP contribution in [0.1, 0.15) is 19.3 Å². The normalized spacial score (nSPS) is 31.4. The molecular formula is C15H26N2O5S. The standard InChI is InChI=1S/C15H26N2O5S/c1-23(19,20)17-6-9-22-14-11-16(5-2-13(14)10-17)15(18)12-3-7-21-8-4-12/h12-14H,2-11H2,1H3/t13-,14+/m0/s1. The fourth-order valence-corrected chi connectivity index (χ4v) is 4.59. The topological polar surface area (TPSA) is 76.2 Å². The van der Waals surface area contributed by atoms with Crippen LogP contribution in [0.4, 0.5) is 0 Å². The van der Waals surface area contributed by atoms with Gasteiger partial charge in [0, 0.05) is 51.2 Å².